The molecule has 7 nitrogen and oxygen atoms in total. The molecule has 4 rings (SSSR count). The smallest absolute Gasteiger partial charge is 0.278 e. The molecule has 30 heavy (non-hydrogen) atoms. The van der Waals surface area contributed by atoms with Crippen molar-refractivity contribution in [1.82, 2.24) is 4.90 Å². The average Bonchev–Trinajstić information content (AvgIpc) is 3.37. The first-order chi connectivity index (χ1) is 14.6. The Labute approximate surface area is 173 Å². The third-order valence-electron chi connectivity index (χ3n) is 4.81. The summed E-state index contributed by atoms with van der Waals surface area (Å²) >= 11 is 0. The Bertz CT molecular complexity index is 1100. The lowest BCUT2D eigenvalue weighted by atomic mass is 10.0. The maximum atomic E-state index is 13.3. The van der Waals surface area contributed by atoms with Gasteiger partial charge in [0.1, 0.15) is 23.0 Å². The lowest BCUT2D eigenvalue weighted by molar-refractivity contribution is -0.137. The van der Waals surface area contributed by atoms with E-state index in [2.05, 4.69) is 5.32 Å². The summed E-state index contributed by atoms with van der Waals surface area (Å²) in [5, 5.41) is 3.11. The highest BCUT2D eigenvalue weighted by Gasteiger charge is 2.39. The number of amides is 2. The van der Waals surface area contributed by atoms with E-state index in [9.17, 15) is 9.59 Å². The number of anilines is 1. The third-order valence-corrected chi connectivity index (χ3v) is 4.81. The van der Waals surface area contributed by atoms with E-state index >= 15 is 0 Å². The molecule has 0 aliphatic carbocycles. The summed E-state index contributed by atoms with van der Waals surface area (Å²) in [5.41, 5.74) is 1.65. The number of furan rings is 1. The molecule has 1 aromatic heterocycles. The monoisotopic (exact) mass is 404 g/mol. The predicted octanol–water partition coefficient (Wildman–Crippen LogP) is 3.69. The van der Waals surface area contributed by atoms with Gasteiger partial charge in [0.05, 0.1) is 38.3 Å². The minimum absolute atomic E-state index is 0.0431. The van der Waals surface area contributed by atoms with Gasteiger partial charge in [0, 0.05) is 0 Å². The molecule has 0 unspecified atom stereocenters. The Morgan fingerprint density at radius 2 is 1.67 bits per heavy atom. The zero-order valence-electron chi connectivity index (χ0n) is 16.5. The molecule has 152 valence electrons. The maximum Gasteiger partial charge on any atom is 0.278 e. The number of carbonyl (C=O) groups excluding carboxylic acids is 2. The summed E-state index contributed by atoms with van der Waals surface area (Å²) in [4.78, 5) is 27.6. The fraction of sp³-hybridized carbons (Fsp3) is 0.130. The molecule has 2 aromatic carbocycles. The Kier molecular flexibility index (Phi) is 5.26. The van der Waals surface area contributed by atoms with Crippen LogP contribution in [0, 0.1) is 0 Å². The molecule has 0 fully saturated rings. The first-order valence-electron chi connectivity index (χ1n) is 9.29. The van der Waals surface area contributed by atoms with Gasteiger partial charge in [0.25, 0.3) is 11.8 Å². The van der Waals surface area contributed by atoms with Crippen molar-refractivity contribution in [2.45, 2.75) is 6.54 Å². The Morgan fingerprint density at radius 3 is 2.33 bits per heavy atom. The van der Waals surface area contributed by atoms with Crippen molar-refractivity contribution >= 4 is 23.1 Å². The lowest BCUT2D eigenvalue weighted by Crippen LogP contribution is -2.31. The first-order valence-corrected chi connectivity index (χ1v) is 9.29. The van der Waals surface area contributed by atoms with Crippen molar-refractivity contribution in [1.29, 1.82) is 0 Å². The number of nitrogens with one attached hydrogen (secondary N) is 1. The highest BCUT2D eigenvalue weighted by molar-refractivity contribution is 6.36. The molecule has 0 spiro atoms. The lowest BCUT2D eigenvalue weighted by Gasteiger charge is -2.14. The summed E-state index contributed by atoms with van der Waals surface area (Å²) in [6, 6.07) is 17.6. The normalized spacial score (nSPS) is 13.7. The zero-order chi connectivity index (χ0) is 21.1. The number of para-hydroxylation sites is 2. The van der Waals surface area contributed by atoms with Crippen molar-refractivity contribution in [3.63, 3.8) is 0 Å². The molecular formula is C23H20N2O5. The second-order valence-corrected chi connectivity index (χ2v) is 6.58. The number of nitrogens with zero attached hydrogens (tertiary/aromatic N) is 1. The van der Waals surface area contributed by atoms with Crippen LogP contribution in [-0.4, -0.2) is 30.9 Å². The van der Waals surface area contributed by atoms with Crippen molar-refractivity contribution in [2.24, 2.45) is 0 Å². The van der Waals surface area contributed by atoms with E-state index in [1.54, 1.807) is 62.8 Å². The van der Waals surface area contributed by atoms with E-state index < -0.39 is 11.8 Å². The minimum atomic E-state index is -0.437. The number of benzene rings is 2. The van der Waals surface area contributed by atoms with Crippen LogP contribution in [0.2, 0.25) is 0 Å². The van der Waals surface area contributed by atoms with Gasteiger partial charge in [-0.25, -0.2) is 0 Å². The van der Waals surface area contributed by atoms with Crippen LogP contribution < -0.4 is 14.8 Å². The highest BCUT2D eigenvalue weighted by atomic mass is 16.5. The topological polar surface area (TPSA) is 81.0 Å². The number of methoxy groups -OCH3 is 2. The van der Waals surface area contributed by atoms with Crippen LogP contribution in [-0.2, 0) is 16.1 Å². The fourth-order valence-corrected chi connectivity index (χ4v) is 3.30. The van der Waals surface area contributed by atoms with Crippen molar-refractivity contribution in [2.75, 3.05) is 19.5 Å². The molecule has 2 heterocycles. The molecule has 0 atom stereocenters. The van der Waals surface area contributed by atoms with Crippen molar-refractivity contribution < 1.29 is 23.5 Å². The van der Waals surface area contributed by atoms with Crippen molar-refractivity contribution in [3.8, 4) is 11.5 Å². The van der Waals surface area contributed by atoms with Crippen LogP contribution in [0.1, 0.15) is 11.3 Å². The van der Waals surface area contributed by atoms with Gasteiger partial charge >= 0.3 is 0 Å². The van der Waals surface area contributed by atoms with E-state index in [1.807, 2.05) is 12.1 Å². The van der Waals surface area contributed by atoms with Gasteiger partial charge in [-0.2, -0.15) is 0 Å². The number of ether oxygens (including phenoxy) is 2. The summed E-state index contributed by atoms with van der Waals surface area (Å²) in [5.74, 6) is 0.892. The van der Waals surface area contributed by atoms with Crippen LogP contribution in [0.3, 0.4) is 0 Å². The second-order valence-electron chi connectivity index (χ2n) is 6.58. The van der Waals surface area contributed by atoms with Gasteiger partial charge in [-0.05, 0) is 42.0 Å². The number of hydrogen-bond acceptors (Lipinski definition) is 6. The van der Waals surface area contributed by atoms with Gasteiger partial charge in [0.15, 0.2) is 0 Å². The first kappa shape index (κ1) is 19.3. The number of rotatable bonds is 7. The zero-order valence-corrected chi connectivity index (χ0v) is 16.5. The molecule has 0 saturated carbocycles. The van der Waals surface area contributed by atoms with Gasteiger partial charge in [-0.3, -0.25) is 14.5 Å². The Hall–Kier alpha value is -4.00. The molecule has 1 aliphatic heterocycles. The standard InChI is InChI=1S/C23H20N2O5/c1-28-16-11-9-15(10-12-16)20-21(24-18-7-3-4-8-19(18)29-2)23(27)25(22(20)26)14-17-6-5-13-30-17/h3-13,24H,14H2,1-2H3. The predicted molar refractivity (Wildman–Crippen MR) is 111 cm³/mol. The Balaban J connectivity index is 1.77. The van der Waals surface area contributed by atoms with Gasteiger partial charge in [-0.1, -0.05) is 24.3 Å². The highest BCUT2D eigenvalue weighted by Crippen LogP contribution is 2.34. The summed E-state index contributed by atoms with van der Waals surface area (Å²) < 4.78 is 15.9. The summed E-state index contributed by atoms with van der Waals surface area (Å²) in [6.07, 6.45) is 1.51. The van der Waals surface area contributed by atoms with Crippen LogP contribution in [0.25, 0.3) is 5.57 Å². The van der Waals surface area contributed by atoms with E-state index in [1.165, 1.54) is 6.26 Å². The number of imide groups is 1. The minimum Gasteiger partial charge on any atom is -0.497 e. The molecule has 0 saturated heterocycles. The van der Waals surface area contributed by atoms with Crippen LogP contribution in [0.4, 0.5) is 5.69 Å². The molecule has 0 radical (unpaired) electrons. The van der Waals surface area contributed by atoms with Gasteiger partial charge in [0.2, 0.25) is 0 Å². The molecule has 1 N–H and O–H groups in total. The van der Waals surface area contributed by atoms with Gasteiger partial charge < -0.3 is 19.2 Å². The van der Waals surface area contributed by atoms with Crippen LogP contribution >= 0.6 is 0 Å². The van der Waals surface area contributed by atoms with Crippen LogP contribution in [0.15, 0.2) is 77.0 Å². The quantitative estimate of drug-likeness (QED) is 0.605. The molecular weight excluding hydrogens is 384 g/mol. The molecule has 0 bridgehead atoms. The van der Waals surface area contributed by atoms with Gasteiger partial charge in [-0.15, -0.1) is 0 Å². The molecule has 1 aliphatic rings. The Morgan fingerprint density at radius 1 is 0.900 bits per heavy atom. The van der Waals surface area contributed by atoms with E-state index in [0.717, 1.165) is 4.90 Å². The fourth-order valence-electron chi connectivity index (χ4n) is 3.30. The summed E-state index contributed by atoms with van der Waals surface area (Å²) in [6.45, 7) is 0.0431. The third kappa shape index (κ3) is 3.53. The average molecular weight is 404 g/mol. The molecule has 7 heteroatoms. The van der Waals surface area contributed by atoms with E-state index in [0.29, 0.717) is 28.5 Å². The molecule has 3 aromatic rings. The summed E-state index contributed by atoms with van der Waals surface area (Å²) in [7, 11) is 3.11. The van der Waals surface area contributed by atoms with E-state index in [4.69, 9.17) is 13.9 Å². The maximum absolute atomic E-state index is 13.3. The number of hydrogen-bond donors (Lipinski definition) is 1. The number of carbonyl (C=O) groups is 2. The van der Waals surface area contributed by atoms with E-state index in [-0.39, 0.29) is 17.8 Å². The molecule has 2 amide bonds. The van der Waals surface area contributed by atoms with Crippen LogP contribution in [0.5, 0.6) is 11.5 Å². The van der Waals surface area contributed by atoms with Crippen molar-refractivity contribution in [3.05, 3.63) is 83.9 Å². The second kappa shape index (κ2) is 8.16. The SMILES string of the molecule is COc1ccc(C2=C(Nc3ccccc3OC)C(=O)N(Cc3ccco3)C2=O)cc1. The largest absolute Gasteiger partial charge is 0.497 e.